The summed E-state index contributed by atoms with van der Waals surface area (Å²) < 4.78 is 20.0. The van der Waals surface area contributed by atoms with Gasteiger partial charge < -0.3 is 19.9 Å². The van der Waals surface area contributed by atoms with Crippen molar-refractivity contribution in [1.29, 1.82) is 0 Å². The Balaban J connectivity index is 1.44. The molecule has 0 spiro atoms. The van der Waals surface area contributed by atoms with E-state index in [-0.39, 0.29) is 36.5 Å². The minimum Gasteiger partial charge on any atom is -0.492 e. The molecular formula is C20H20FN5O3S. The van der Waals surface area contributed by atoms with Crippen LogP contribution in [0.5, 0.6) is 5.75 Å². The summed E-state index contributed by atoms with van der Waals surface area (Å²) in [6.07, 6.45) is 1.56. The lowest BCUT2D eigenvalue weighted by Crippen LogP contribution is -2.28. The van der Waals surface area contributed by atoms with Crippen LogP contribution in [-0.4, -0.2) is 45.5 Å². The fourth-order valence-electron chi connectivity index (χ4n) is 2.43. The molecule has 8 nitrogen and oxygen atoms in total. The third-order valence-electron chi connectivity index (χ3n) is 3.88. The molecule has 1 aromatic heterocycles. The molecule has 1 heterocycles. The molecule has 0 aliphatic heterocycles. The van der Waals surface area contributed by atoms with Crippen LogP contribution in [0.2, 0.25) is 0 Å². The summed E-state index contributed by atoms with van der Waals surface area (Å²) in [6.45, 7) is 0.522. The first-order valence-corrected chi connectivity index (χ1v) is 10.0. The lowest BCUT2D eigenvalue weighted by Gasteiger charge is -2.09. The van der Waals surface area contributed by atoms with Crippen molar-refractivity contribution in [1.82, 2.24) is 20.1 Å². The number of anilines is 1. The Hall–Kier alpha value is -3.40. The molecule has 0 saturated carbocycles. The van der Waals surface area contributed by atoms with Crippen molar-refractivity contribution < 1.29 is 18.7 Å². The predicted molar refractivity (Wildman–Crippen MR) is 111 cm³/mol. The van der Waals surface area contributed by atoms with E-state index < -0.39 is 0 Å². The third-order valence-corrected chi connectivity index (χ3v) is 4.92. The Morgan fingerprint density at radius 3 is 2.73 bits per heavy atom. The van der Waals surface area contributed by atoms with Crippen LogP contribution < -0.4 is 15.4 Å². The van der Waals surface area contributed by atoms with Gasteiger partial charge in [-0.15, -0.1) is 10.2 Å². The Morgan fingerprint density at radius 2 is 2.00 bits per heavy atom. The average Bonchev–Trinajstić information content (AvgIpc) is 3.16. The van der Waals surface area contributed by atoms with Gasteiger partial charge in [-0.3, -0.25) is 9.59 Å². The highest BCUT2D eigenvalue weighted by atomic mass is 32.2. The molecule has 0 aliphatic rings. The number of aromatic nitrogens is 3. The molecule has 0 unspecified atom stereocenters. The lowest BCUT2D eigenvalue weighted by atomic mass is 10.2. The Bertz CT molecular complexity index is 1010. The molecule has 3 aromatic rings. The highest BCUT2D eigenvalue weighted by molar-refractivity contribution is 7.99. The molecule has 2 amide bonds. The normalized spacial score (nSPS) is 10.5. The van der Waals surface area contributed by atoms with Crippen LogP contribution in [0.4, 0.5) is 10.1 Å². The molecule has 2 N–H and O–H groups in total. The van der Waals surface area contributed by atoms with E-state index in [0.29, 0.717) is 22.2 Å². The molecule has 0 atom stereocenters. The predicted octanol–water partition coefficient (Wildman–Crippen LogP) is 2.49. The van der Waals surface area contributed by atoms with Crippen molar-refractivity contribution in [2.75, 3.05) is 24.2 Å². The summed E-state index contributed by atoms with van der Waals surface area (Å²) in [4.78, 5) is 24.4. The van der Waals surface area contributed by atoms with Gasteiger partial charge in [0.2, 0.25) is 5.91 Å². The second-order valence-corrected chi connectivity index (χ2v) is 7.14. The van der Waals surface area contributed by atoms with Crippen LogP contribution in [0.1, 0.15) is 10.4 Å². The van der Waals surface area contributed by atoms with Gasteiger partial charge >= 0.3 is 0 Å². The van der Waals surface area contributed by atoms with Crippen LogP contribution in [0, 0.1) is 5.82 Å². The van der Waals surface area contributed by atoms with Gasteiger partial charge in [-0.2, -0.15) is 0 Å². The van der Waals surface area contributed by atoms with Crippen molar-refractivity contribution in [3.63, 3.8) is 0 Å². The number of rotatable bonds is 9. The average molecular weight is 429 g/mol. The SMILES string of the molecule is Cn1cnnc1SCC(=O)Nc1cccc(C(=O)NCCOc2ccc(F)cc2)c1. The van der Waals surface area contributed by atoms with Crippen LogP contribution in [0.3, 0.4) is 0 Å². The minimum absolute atomic E-state index is 0.170. The summed E-state index contributed by atoms with van der Waals surface area (Å²) in [7, 11) is 1.80. The number of carbonyl (C=O) groups excluding carboxylic acids is 2. The summed E-state index contributed by atoms with van der Waals surface area (Å²) in [5.41, 5.74) is 0.935. The zero-order chi connectivity index (χ0) is 21.3. The second kappa shape index (κ2) is 10.4. The molecule has 0 aliphatic carbocycles. The fourth-order valence-corrected chi connectivity index (χ4v) is 3.12. The smallest absolute Gasteiger partial charge is 0.251 e. The summed E-state index contributed by atoms with van der Waals surface area (Å²) in [5, 5.41) is 13.8. The van der Waals surface area contributed by atoms with Gasteiger partial charge in [0.15, 0.2) is 5.16 Å². The van der Waals surface area contributed by atoms with E-state index in [2.05, 4.69) is 20.8 Å². The van der Waals surface area contributed by atoms with Gasteiger partial charge in [-0.1, -0.05) is 17.8 Å². The maximum absolute atomic E-state index is 12.9. The van der Waals surface area contributed by atoms with E-state index in [1.165, 1.54) is 36.0 Å². The molecule has 2 aromatic carbocycles. The minimum atomic E-state index is -0.338. The highest BCUT2D eigenvalue weighted by Gasteiger charge is 2.10. The van der Waals surface area contributed by atoms with Gasteiger partial charge in [0, 0.05) is 18.3 Å². The molecule has 0 saturated heterocycles. The Labute approximate surface area is 176 Å². The molecular weight excluding hydrogens is 409 g/mol. The van der Waals surface area contributed by atoms with Gasteiger partial charge in [0.05, 0.1) is 12.3 Å². The van der Waals surface area contributed by atoms with Crippen molar-refractivity contribution in [2.24, 2.45) is 7.05 Å². The molecule has 0 radical (unpaired) electrons. The second-order valence-electron chi connectivity index (χ2n) is 6.20. The van der Waals surface area contributed by atoms with Crippen molar-refractivity contribution >= 4 is 29.3 Å². The topological polar surface area (TPSA) is 98.1 Å². The number of amides is 2. The van der Waals surface area contributed by atoms with Crippen LogP contribution >= 0.6 is 11.8 Å². The van der Waals surface area contributed by atoms with Crippen LogP contribution in [0.25, 0.3) is 0 Å². The Kier molecular flexibility index (Phi) is 7.39. The zero-order valence-electron chi connectivity index (χ0n) is 16.2. The quantitative estimate of drug-likeness (QED) is 0.401. The first-order chi connectivity index (χ1) is 14.5. The molecule has 3 rings (SSSR count). The summed E-state index contributed by atoms with van der Waals surface area (Å²) in [6, 6.07) is 12.3. The number of aryl methyl sites for hydroxylation is 1. The monoisotopic (exact) mass is 429 g/mol. The number of ether oxygens (including phenoxy) is 1. The van der Waals surface area contributed by atoms with Crippen molar-refractivity contribution in [3.05, 3.63) is 66.2 Å². The van der Waals surface area contributed by atoms with Gasteiger partial charge in [-0.25, -0.2) is 4.39 Å². The van der Waals surface area contributed by atoms with Gasteiger partial charge in [-0.05, 0) is 42.5 Å². The van der Waals surface area contributed by atoms with E-state index in [0.717, 1.165) is 0 Å². The van der Waals surface area contributed by atoms with Crippen LogP contribution in [0.15, 0.2) is 60.0 Å². The van der Waals surface area contributed by atoms with Gasteiger partial charge in [0.1, 0.15) is 24.5 Å². The van der Waals surface area contributed by atoms with E-state index >= 15 is 0 Å². The standard InChI is InChI=1S/C20H20FN5O3S/c1-26-13-23-25-20(26)30-12-18(27)24-16-4-2-3-14(11-16)19(28)22-9-10-29-17-7-5-15(21)6-8-17/h2-8,11,13H,9-10,12H2,1H3,(H,22,28)(H,24,27). The number of thioether (sulfide) groups is 1. The molecule has 0 fully saturated rings. The van der Waals surface area contributed by atoms with E-state index in [1.54, 1.807) is 42.2 Å². The maximum Gasteiger partial charge on any atom is 0.251 e. The number of benzene rings is 2. The first kappa shape index (κ1) is 21.3. The van der Waals surface area contributed by atoms with E-state index in [9.17, 15) is 14.0 Å². The maximum atomic E-state index is 12.9. The van der Waals surface area contributed by atoms with Crippen molar-refractivity contribution in [3.8, 4) is 5.75 Å². The van der Waals surface area contributed by atoms with Gasteiger partial charge in [0.25, 0.3) is 5.91 Å². The molecule has 156 valence electrons. The largest absolute Gasteiger partial charge is 0.492 e. The Morgan fingerprint density at radius 1 is 1.20 bits per heavy atom. The lowest BCUT2D eigenvalue weighted by molar-refractivity contribution is -0.113. The summed E-state index contributed by atoms with van der Waals surface area (Å²) >= 11 is 1.27. The van der Waals surface area contributed by atoms with Crippen molar-refractivity contribution in [2.45, 2.75) is 5.16 Å². The number of hydrogen-bond acceptors (Lipinski definition) is 6. The number of nitrogens with zero attached hydrogens (tertiary/aromatic N) is 3. The number of hydrogen-bond donors (Lipinski definition) is 2. The number of halogens is 1. The fraction of sp³-hybridized carbons (Fsp3) is 0.200. The molecule has 30 heavy (non-hydrogen) atoms. The highest BCUT2D eigenvalue weighted by Crippen LogP contribution is 2.15. The molecule has 10 heteroatoms. The number of nitrogens with one attached hydrogen (secondary N) is 2. The zero-order valence-corrected chi connectivity index (χ0v) is 17.0. The summed E-state index contributed by atoms with van der Waals surface area (Å²) in [5.74, 6) is -0.149. The van der Waals surface area contributed by atoms with Crippen LogP contribution in [-0.2, 0) is 11.8 Å². The number of carbonyl (C=O) groups is 2. The van der Waals surface area contributed by atoms with E-state index in [1.807, 2.05) is 0 Å². The first-order valence-electron chi connectivity index (χ1n) is 9.04. The molecule has 0 bridgehead atoms. The third kappa shape index (κ3) is 6.31. The van der Waals surface area contributed by atoms with E-state index in [4.69, 9.17) is 4.74 Å².